The maximum Gasteiger partial charge on any atom is 0.306 e. The van der Waals surface area contributed by atoms with Gasteiger partial charge in [0.25, 0.3) is 0 Å². The van der Waals surface area contributed by atoms with E-state index in [4.69, 9.17) is 10.8 Å². The van der Waals surface area contributed by atoms with Crippen molar-refractivity contribution < 1.29 is 14.7 Å². The lowest BCUT2D eigenvalue weighted by Crippen LogP contribution is -2.46. The van der Waals surface area contributed by atoms with Gasteiger partial charge in [-0.15, -0.1) is 0 Å². The van der Waals surface area contributed by atoms with Gasteiger partial charge in [-0.3, -0.25) is 9.59 Å². The third kappa shape index (κ3) is 4.82. The Labute approximate surface area is 114 Å². The van der Waals surface area contributed by atoms with Gasteiger partial charge in [0.1, 0.15) is 0 Å². The normalized spacial score (nSPS) is 26.5. The van der Waals surface area contributed by atoms with Crippen LogP contribution < -0.4 is 11.1 Å². The summed E-state index contributed by atoms with van der Waals surface area (Å²) in [6, 6.07) is -0.444. The molecule has 1 fully saturated rings. The van der Waals surface area contributed by atoms with Gasteiger partial charge in [0.15, 0.2) is 0 Å². The van der Waals surface area contributed by atoms with Crippen molar-refractivity contribution in [3.05, 3.63) is 0 Å². The third-order valence-corrected chi connectivity index (χ3v) is 4.32. The molecule has 0 aromatic rings. The van der Waals surface area contributed by atoms with Crippen LogP contribution in [0, 0.1) is 17.8 Å². The summed E-state index contributed by atoms with van der Waals surface area (Å²) in [6.45, 7) is 4.61. The van der Waals surface area contributed by atoms with Crippen LogP contribution in [0.5, 0.6) is 0 Å². The monoisotopic (exact) mass is 270 g/mol. The number of rotatable bonds is 6. The van der Waals surface area contributed by atoms with E-state index in [0.717, 1.165) is 19.3 Å². The highest BCUT2D eigenvalue weighted by molar-refractivity contribution is 5.81. The highest BCUT2D eigenvalue weighted by Crippen LogP contribution is 2.28. The number of aliphatic carboxylic acids is 1. The molecule has 0 radical (unpaired) electrons. The van der Waals surface area contributed by atoms with Gasteiger partial charge in [-0.25, -0.2) is 0 Å². The first-order valence-electron chi connectivity index (χ1n) is 7.21. The first-order valence-corrected chi connectivity index (χ1v) is 7.21. The molecule has 0 spiro atoms. The fraction of sp³-hybridized carbons (Fsp3) is 0.857. The summed E-state index contributed by atoms with van der Waals surface area (Å²) < 4.78 is 0. The van der Waals surface area contributed by atoms with Gasteiger partial charge in [-0.1, -0.05) is 20.3 Å². The SMILES string of the molecule is CCC(C)C(N)C(=O)NCC1CCC(C(=O)O)CC1. The van der Waals surface area contributed by atoms with Gasteiger partial charge >= 0.3 is 5.97 Å². The fourth-order valence-corrected chi connectivity index (χ4v) is 2.49. The number of carboxylic acids is 1. The van der Waals surface area contributed by atoms with Crippen molar-refractivity contribution in [2.75, 3.05) is 6.54 Å². The molecule has 0 aliphatic heterocycles. The van der Waals surface area contributed by atoms with Crippen LogP contribution in [0.25, 0.3) is 0 Å². The lowest BCUT2D eigenvalue weighted by atomic mass is 9.82. The average molecular weight is 270 g/mol. The molecule has 0 aromatic carbocycles. The second kappa shape index (κ2) is 7.48. The van der Waals surface area contributed by atoms with Gasteiger partial charge in [0.05, 0.1) is 12.0 Å². The molecule has 1 saturated carbocycles. The number of hydrogen-bond acceptors (Lipinski definition) is 3. The zero-order valence-electron chi connectivity index (χ0n) is 11.9. The van der Waals surface area contributed by atoms with E-state index in [1.165, 1.54) is 0 Å². The molecule has 5 nitrogen and oxygen atoms in total. The Morgan fingerprint density at radius 2 is 1.89 bits per heavy atom. The first-order chi connectivity index (χ1) is 8.95. The van der Waals surface area contributed by atoms with Crippen molar-refractivity contribution in [1.29, 1.82) is 0 Å². The van der Waals surface area contributed by atoms with Crippen molar-refractivity contribution in [3.8, 4) is 0 Å². The average Bonchev–Trinajstić information content (AvgIpc) is 2.43. The molecule has 2 atom stereocenters. The standard InChI is InChI=1S/C14H26N2O3/c1-3-9(2)12(15)13(17)16-8-10-4-6-11(7-5-10)14(18)19/h9-12H,3-8,15H2,1-2H3,(H,16,17)(H,18,19). The van der Waals surface area contributed by atoms with E-state index in [0.29, 0.717) is 25.3 Å². The summed E-state index contributed by atoms with van der Waals surface area (Å²) in [6.07, 6.45) is 4.06. The topological polar surface area (TPSA) is 92.4 Å². The largest absolute Gasteiger partial charge is 0.481 e. The number of hydrogen-bond donors (Lipinski definition) is 3. The first kappa shape index (κ1) is 16.0. The Hall–Kier alpha value is -1.10. The quantitative estimate of drug-likeness (QED) is 0.679. The Bertz CT molecular complexity index is 312. The fourth-order valence-electron chi connectivity index (χ4n) is 2.49. The maximum absolute atomic E-state index is 11.8. The van der Waals surface area contributed by atoms with Crippen LogP contribution in [0.2, 0.25) is 0 Å². The lowest BCUT2D eigenvalue weighted by Gasteiger charge is -2.27. The molecule has 0 aromatic heterocycles. The van der Waals surface area contributed by atoms with Gasteiger partial charge in [0.2, 0.25) is 5.91 Å². The van der Waals surface area contributed by atoms with Crippen molar-refractivity contribution in [2.45, 2.75) is 52.0 Å². The Morgan fingerprint density at radius 1 is 1.32 bits per heavy atom. The molecule has 19 heavy (non-hydrogen) atoms. The van der Waals surface area contributed by atoms with Gasteiger partial charge < -0.3 is 16.2 Å². The second-order valence-corrected chi connectivity index (χ2v) is 5.71. The zero-order chi connectivity index (χ0) is 14.4. The van der Waals surface area contributed by atoms with Crippen molar-refractivity contribution >= 4 is 11.9 Å². The van der Waals surface area contributed by atoms with Crippen molar-refractivity contribution in [1.82, 2.24) is 5.32 Å². The highest BCUT2D eigenvalue weighted by Gasteiger charge is 2.27. The lowest BCUT2D eigenvalue weighted by molar-refractivity contribution is -0.143. The summed E-state index contributed by atoms with van der Waals surface area (Å²) in [4.78, 5) is 22.7. The molecule has 4 N–H and O–H groups in total. The van der Waals surface area contributed by atoms with E-state index >= 15 is 0 Å². The number of carboxylic acid groups (broad SMARTS) is 1. The number of carbonyl (C=O) groups excluding carboxylic acids is 1. The second-order valence-electron chi connectivity index (χ2n) is 5.71. The van der Waals surface area contributed by atoms with Crippen LogP contribution in [0.15, 0.2) is 0 Å². The summed E-state index contributed by atoms with van der Waals surface area (Å²) in [5, 5.41) is 11.8. The predicted molar refractivity (Wildman–Crippen MR) is 73.5 cm³/mol. The van der Waals surface area contributed by atoms with Crippen LogP contribution in [0.4, 0.5) is 0 Å². The maximum atomic E-state index is 11.8. The van der Waals surface area contributed by atoms with Crippen molar-refractivity contribution in [2.24, 2.45) is 23.5 Å². The van der Waals surface area contributed by atoms with Crippen molar-refractivity contribution in [3.63, 3.8) is 0 Å². The Kier molecular flexibility index (Phi) is 6.28. The van der Waals surface area contributed by atoms with E-state index in [1.807, 2.05) is 13.8 Å². The summed E-state index contributed by atoms with van der Waals surface area (Å²) in [5.74, 6) is -0.406. The molecule has 110 valence electrons. The van der Waals surface area contributed by atoms with E-state index < -0.39 is 12.0 Å². The molecule has 5 heteroatoms. The van der Waals surface area contributed by atoms with E-state index in [2.05, 4.69) is 5.32 Å². The summed E-state index contributed by atoms with van der Waals surface area (Å²) in [7, 11) is 0. The minimum Gasteiger partial charge on any atom is -0.481 e. The van der Waals surface area contributed by atoms with E-state index in [9.17, 15) is 9.59 Å². The van der Waals surface area contributed by atoms with E-state index in [1.54, 1.807) is 0 Å². The molecule has 0 bridgehead atoms. The Balaban J connectivity index is 2.27. The molecular weight excluding hydrogens is 244 g/mol. The smallest absolute Gasteiger partial charge is 0.306 e. The minimum atomic E-state index is -0.693. The third-order valence-electron chi connectivity index (χ3n) is 4.32. The van der Waals surface area contributed by atoms with Crippen LogP contribution in [0.1, 0.15) is 46.0 Å². The number of amides is 1. The van der Waals surface area contributed by atoms with E-state index in [-0.39, 0.29) is 17.7 Å². The van der Waals surface area contributed by atoms with Crippen LogP contribution in [-0.2, 0) is 9.59 Å². The highest BCUT2D eigenvalue weighted by atomic mass is 16.4. The molecule has 0 heterocycles. The number of nitrogens with one attached hydrogen (secondary N) is 1. The minimum absolute atomic E-state index is 0.0882. The van der Waals surface area contributed by atoms with Crippen LogP contribution in [0.3, 0.4) is 0 Å². The van der Waals surface area contributed by atoms with Gasteiger partial charge in [-0.2, -0.15) is 0 Å². The number of nitrogens with two attached hydrogens (primary N) is 1. The molecule has 1 amide bonds. The van der Waals surface area contributed by atoms with Gasteiger partial charge in [0, 0.05) is 6.54 Å². The van der Waals surface area contributed by atoms with Crippen LogP contribution >= 0.6 is 0 Å². The summed E-state index contributed by atoms with van der Waals surface area (Å²) >= 11 is 0. The number of carbonyl (C=O) groups is 2. The molecular formula is C14H26N2O3. The molecule has 1 rings (SSSR count). The predicted octanol–water partition coefficient (Wildman–Crippen LogP) is 1.37. The van der Waals surface area contributed by atoms with Crippen LogP contribution in [-0.4, -0.2) is 29.6 Å². The molecule has 1 aliphatic rings. The van der Waals surface area contributed by atoms with Gasteiger partial charge in [-0.05, 0) is 37.5 Å². The molecule has 0 saturated heterocycles. The zero-order valence-corrected chi connectivity index (χ0v) is 11.9. The Morgan fingerprint density at radius 3 is 2.37 bits per heavy atom. The summed E-state index contributed by atoms with van der Waals surface area (Å²) in [5.41, 5.74) is 5.86. The molecule has 2 unspecified atom stereocenters. The molecule has 1 aliphatic carbocycles.